The average molecular weight is 296 g/mol. The molecule has 2 aliphatic rings. The van der Waals surface area contributed by atoms with Gasteiger partial charge in [0.1, 0.15) is 0 Å². The largest absolute Gasteiger partial charge is 0.481 e. The van der Waals surface area contributed by atoms with Crippen LogP contribution in [0.4, 0.5) is 0 Å². The van der Waals surface area contributed by atoms with Gasteiger partial charge >= 0.3 is 5.97 Å². The van der Waals surface area contributed by atoms with E-state index in [1.807, 2.05) is 4.90 Å². The molecule has 2 rings (SSSR count). The highest BCUT2D eigenvalue weighted by Gasteiger charge is 2.33. The Morgan fingerprint density at radius 3 is 2.19 bits per heavy atom. The molecule has 0 radical (unpaired) electrons. The van der Waals surface area contributed by atoms with E-state index in [2.05, 4.69) is 4.90 Å². The zero-order chi connectivity index (χ0) is 15.5. The molecule has 2 saturated heterocycles. The maximum atomic E-state index is 12.2. The van der Waals surface area contributed by atoms with Gasteiger partial charge in [0.05, 0.1) is 5.41 Å². The van der Waals surface area contributed by atoms with Gasteiger partial charge in [-0.2, -0.15) is 0 Å². The summed E-state index contributed by atoms with van der Waals surface area (Å²) < 4.78 is 0. The van der Waals surface area contributed by atoms with Crippen LogP contribution in [0.2, 0.25) is 0 Å². The molecule has 0 bridgehead atoms. The number of carboxylic acids is 1. The van der Waals surface area contributed by atoms with E-state index in [4.69, 9.17) is 5.11 Å². The molecule has 2 heterocycles. The lowest BCUT2D eigenvalue weighted by molar-refractivity contribution is -0.151. The molecule has 0 aliphatic carbocycles. The van der Waals surface area contributed by atoms with Gasteiger partial charge in [-0.3, -0.25) is 9.59 Å². The highest BCUT2D eigenvalue weighted by atomic mass is 16.4. The highest BCUT2D eigenvalue weighted by Crippen LogP contribution is 2.25. The molecule has 1 N–H and O–H groups in total. The van der Waals surface area contributed by atoms with E-state index in [9.17, 15) is 9.59 Å². The van der Waals surface area contributed by atoms with Crippen LogP contribution in [-0.4, -0.2) is 59.5 Å². The quantitative estimate of drug-likeness (QED) is 0.840. The Morgan fingerprint density at radius 2 is 1.67 bits per heavy atom. The molecule has 2 fully saturated rings. The van der Waals surface area contributed by atoms with Crippen molar-refractivity contribution < 1.29 is 14.7 Å². The predicted molar refractivity (Wildman–Crippen MR) is 81.0 cm³/mol. The van der Waals surface area contributed by atoms with Crippen LogP contribution < -0.4 is 0 Å². The minimum absolute atomic E-state index is 0.0120. The maximum Gasteiger partial charge on any atom is 0.309 e. The number of likely N-dealkylation sites (tertiary alicyclic amines) is 2. The molecular weight excluding hydrogens is 268 g/mol. The molecule has 0 aromatic heterocycles. The van der Waals surface area contributed by atoms with Gasteiger partial charge in [0.15, 0.2) is 0 Å². The molecule has 120 valence electrons. The second-order valence-electron chi connectivity index (χ2n) is 7.20. The molecule has 0 aromatic rings. The molecule has 5 heteroatoms. The number of nitrogens with zero attached hydrogens (tertiary/aromatic N) is 2. The summed E-state index contributed by atoms with van der Waals surface area (Å²) in [6, 6.07) is 0. The van der Waals surface area contributed by atoms with Gasteiger partial charge in [0.2, 0.25) is 5.91 Å². The molecule has 2 aliphatic heterocycles. The fraction of sp³-hybridized carbons (Fsp3) is 0.875. The van der Waals surface area contributed by atoms with Gasteiger partial charge in [-0.15, -0.1) is 0 Å². The summed E-state index contributed by atoms with van der Waals surface area (Å²) in [5.41, 5.74) is -0.969. The zero-order valence-corrected chi connectivity index (χ0v) is 13.3. The standard InChI is InChI=1S/C16H28N2O3/c1-16(2,15(20)21)11-14(19)18-9-5-13(6-10-18)12-17-7-3-4-8-17/h13H,3-12H2,1-2H3,(H,20,21). The van der Waals surface area contributed by atoms with Crippen LogP contribution >= 0.6 is 0 Å². The molecule has 0 aromatic carbocycles. The first-order valence-corrected chi connectivity index (χ1v) is 8.12. The molecule has 1 amide bonds. The van der Waals surface area contributed by atoms with Crippen molar-refractivity contribution in [2.45, 2.75) is 46.0 Å². The van der Waals surface area contributed by atoms with Crippen molar-refractivity contribution >= 4 is 11.9 Å². The molecule has 0 atom stereocenters. The summed E-state index contributed by atoms with van der Waals surface area (Å²) in [6.07, 6.45) is 4.84. The van der Waals surface area contributed by atoms with Gasteiger partial charge < -0.3 is 14.9 Å². The monoisotopic (exact) mass is 296 g/mol. The minimum atomic E-state index is -0.969. The predicted octanol–water partition coefficient (Wildman–Crippen LogP) is 1.82. The normalized spacial score (nSPS) is 21.7. The number of amides is 1. The van der Waals surface area contributed by atoms with Gasteiger partial charge in [-0.1, -0.05) is 0 Å². The Hall–Kier alpha value is -1.10. The van der Waals surface area contributed by atoms with Crippen LogP contribution in [0.1, 0.15) is 46.0 Å². The summed E-state index contributed by atoms with van der Waals surface area (Å²) in [5, 5.41) is 9.11. The van der Waals surface area contributed by atoms with E-state index < -0.39 is 11.4 Å². The Bertz CT molecular complexity index is 381. The number of hydrogen-bond donors (Lipinski definition) is 1. The second kappa shape index (κ2) is 6.77. The van der Waals surface area contributed by atoms with Crippen LogP contribution in [0.5, 0.6) is 0 Å². The third kappa shape index (κ3) is 4.43. The minimum Gasteiger partial charge on any atom is -0.481 e. The summed E-state index contributed by atoms with van der Waals surface area (Å²) in [7, 11) is 0. The van der Waals surface area contributed by atoms with Gasteiger partial charge in [-0.25, -0.2) is 0 Å². The topological polar surface area (TPSA) is 60.9 Å². The lowest BCUT2D eigenvalue weighted by atomic mass is 9.88. The van der Waals surface area contributed by atoms with Gasteiger partial charge in [0.25, 0.3) is 0 Å². The fourth-order valence-corrected chi connectivity index (χ4v) is 3.26. The Kier molecular flexibility index (Phi) is 5.25. The molecule has 5 nitrogen and oxygen atoms in total. The van der Waals surface area contributed by atoms with Crippen molar-refractivity contribution in [2.75, 3.05) is 32.7 Å². The zero-order valence-electron chi connectivity index (χ0n) is 13.3. The van der Waals surface area contributed by atoms with Crippen molar-refractivity contribution in [1.29, 1.82) is 0 Å². The van der Waals surface area contributed by atoms with E-state index in [0.717, 1.165) is 25.9 Å². The van der Waals surface area contributed by atoms with E-state index in [0.29, 0.717) is 5.92 Å². The molecule has 21 heavy (non-hydrogen) atoms. The highest BCUT2D eigenvalue weighted by molar-refractivity contribution is 5.84. The SMILES string of the molecule is CC(C)(CC(=O)N1CCC(CN2CCCC2)CC1)C(=O)O. The van der Waals surface area contributed by atoms with Crippen molar-refractivity contribution in [3.05, 3.63) is 0 Å². The third-order valence-corrected chi connectivity index (χ3v) is 4.85. The van der Waals surface area contributed by atoms with Gasteiger partial charge in [-0.05, 0) is 58.5 Å². The Balaban J connectivity index is 1.75. The number of piperidine rings is 1. The van der Waals surface area contributed by atoms with Crippen molar-refractivity contribution in [2.24, 2.45) is 11.3 Å². The summed E-state index contributed by atoms with van der Waals surface area (Å²) in [4.78, 5) is 27.7. The van der Waals surface area contributed by atoms with Crippen molar-refractivity contribution in [1.82, 2.24) is 9.80 Å². The second-order valence-corrected chi connectivity index (χ2v) is 7.20. The van der Waals surface area contributed by atoms with E-state index in [1.165, 1.54) is 32.5 Å². The number of hydrogen-bond acceptors (Lipinski definition) is 3. The summed E-state index contributed by atoms with van der Waals surface area (Å²) in [5.74, 6) is -0.221. The van der Waals surface area contributed by atoms with E-state index in [-0.39, 0.29) is 12.3 Å². The average Bonchev–Trinajstić information content (AvgIpc) is 2.91. The number of carboxylic acid groups (broad SMARTS) is 1. The first-order chi connectivity index (χ1) is 9.88. The molecule has 0 unspecified atom stereocenters. The lowest BCUT2D eigenvalue weighted by Gasteiger charge is -2.35. The molecule has 0 saturated carbocycles. The Labute approximate surface area is 127 Å². The molecular formula is C16H28N2O3. The van der Waals surface area contributed by atoms with Crippen LogP contribution in [0.25, 0.3) is 0 Å². The summed E-state index contributed by atoms with van der Waals surface area (Å²) >= 11 is 0. The number of carbonyl (C=O) groups excluding carboxylic acids is 1. The van der Waals surface area contributed by atoms with Crippen LogP contribution in [0, 0.1) is 11.3 Å². The number of aliphatic carboxylic acids is 1. The smallest absolute Gasteiger partial charge is 0.309 e. The van der Waals surface area contributed by atoms with E-state index in [1.54, 1.807) is 13.8 Å². The molecule has 0 spiro atoms. The Morgan fingerprint density at radius 1 is 1.10 bits per heavy atom. The van der Waals surface area contributed by atoms with Crippen LogP contribution in [0.15, 0.2) is 0 Å². The summed E-state index contributed by atoms with van der Waals surface area (Å²) in [6.45, 7) is 8.43. The number of carbonyl (C=O) groups is 2. The van der Waals surface area contributed by atoms with Crippen LogP contribution in [-0.2, 0) is 9.59 Å². The van der Waals surface area contributed by atoms with Gasteiger partial charge in [0, 0.05) is 26.1 Å². The first kappa shape index (κ1) is 16.3. The lowest BCUT2D eigenvalue weighted by Crippen LogP contribution is -2.43. The number of rotatable bonds is 5. The van der Waals surface area contributed by atoms with Crippen molar-refractivity contribution in [3.8, 4) is 0 Å². The first-order valence-electron chi connectivity index (χ1n) is 8.12. The maximum absolute atomic E-state index is 12.2. The third-order valence-electron chi connectivity index (χ3n) is 4.85. The van der Waals surface area contributed by atoms with Crippen LogP contribution in [0.3, 0.4) is 0 Å². The van der Waals surface area contributed by atoms with E-state index >= 15 is 0 Å². The van der Waals surface area contributed by atoms with Crippen molar-refractivity contribution in [3.63, 3.8) is 0 Å². The fourth-order valence-electron chi connectivity index (χ4n) is 3.26.